The summed E-state index contributed by atoms with van der Waals surface area (Å²) in [6.07, 6.45) is 0.424. The van der Waals surface area contributed by atoms with Crippen molar-refractivity contribution in [2.24, 2.45) is 0 Å². The van der Waals surface area contributed by atoms with Crippen LogP contribution in [0, 0.1) is 0 Å². The predicted octanol–water partition coefficient (Wildman–Crippen LogP) is 3.70. The number of carbonyl (C=O) groups is 4. The standard InChI is InChI=1S/C36H37F2N5O4/c37-36(38)23-42(34(46)27-13-7-12-26-22-43(35(47)31(26)27)28-14-15-30(44)39-33(28)45)17-16-29(36)40-18-20-41(21-19-40)32(24-8-3-1-4-9-24)25-10-5-2-6-11-25/h1-13,28-29,32H,14-23H2,(H,39,44,45). The lowest BCUT2D eigenvalue weighted by Crippen LogP contribution is -2.62. The Hall–Kier alpha value is -4.48. The second kappa shape index (κ2) is 12.6. The van der Waals surface area contributed by atoms with Gasteiger partial charge in [0, 0.05) is 45.7 Å². The zero-order valence-corrected chi connectivity index (χ0v) is 26.0. The molecule has 4 amide bonds. The minimum absolute atomic E-state index is 0.0285. The van der Waals surface area contributed by atoms with Gasteiger partial charge >= 0.3 is 0 Å². The number of imide groups is 1. The number of hydrogen-bond donors (Lipinski definition) is 1. The number of carbonyl (C=O) groups excluding carboxylic acids is 4. The Balaban J connectivity index is 1.02. The maximum Gasteiger partial charge on any atom is 0.280 e. The highest BCUT2D eigenvalue weighted by molar-refractivity contribution is 6.11. The van der Waals surface area contributed by atoms with Gasteiger partial charge in [-0.05, 0) is 35.6 Å². The van der Waals surface area contributed by atoms with Crippen molar-refractivity contribution in [1.29, 1.82) is 0 Å². The van der Waals surface area contributed by atoms with Crippen LogP contribution in [0.5, 0.6) is 0 Å². The number of hydrogen-bond acceptors (Lipinski definition) is 6. The quantitative estimate of drug-likeness (QED) is 0.413. The molecule has 0 bridgehead atoms. The van der Waals surface area contributed by atoms with Crippen LogP contribution in [0.4, 0.5) is 8.78 Å². The van der Waals surface area contributed by atoms with Gasteiger partial charge < -0.3 is 9.80 Å². The van der Waals surface area contributed by atoms with Crippen molar-refractivity contribution in [1.82, 2.24) is 24.9 Å². The molecule has 0 saturated carbocycles. The van der Waals surface area contributed by atoms with E-state index in [1.807, 2.05) is 41.3 Å². The van der Waals surface area contributed by atoms with Gasteiger partial charge in [0.2, 0.25) is 11.8 Å². The fourth-order valence-corrected chi connectivity index (χ4v) is 7.71. The molecule has 11 heteroatoms. The topological polar surface area (TPSA) is 93.3 Å². The van der Waals surface area contributed by atoms with E-state index in [9.17, 15) is 19.2 Å². The third kappa shape index (κ3) is 5.94. The number of benzene rings is 3. The lowest BCUT2D eigenvalue weighted by molar-refractivity contribution is -0.136. The molecule has 2 atom stereocenters. The van der Waals surface area contributed by atoms with Crippen molar-refractivity contribution in [3.8, 4) is 0 Å². The molecule has 0 aliphatic carbocycles. The molecule has 7 rings (SSSR count). The Kier molecular flexibility index (Phi) is 8.36. The third-order valence-corrected chi connectivity index (χ3v) is 10.0. The van der Waals surface area contributed by atoms with E-state index in [4.69, 9.17) is 0 Å². The van der Waals surface area contributed by atoms with Crippen molar-refractivity contribution in [3.63, 3.8) is 0 Å². The van der Waals surface area contributed by atoms with Crippen LogP contribution in [0.2, 0.25) is 0 Å². The summed E-state index contributed by atoms with van der Waals surface area (Å²) in [5, 5.41) is 2.27. The van der Waals surface area contributed by atoms with E-state index in [0.29, 0.717) is 31.7 Å². The van der Waals surface area contributed by atoms with E-state index < -0.39 is 42.3 Å². The van der Waals surface area contributed by atoms with Gasteiger partial charge in [0.05, 0.1) is 29.8 Å². The van der Waals surface area contributed by atoms with Gasteiger partial charge in [-0.1, -0.05) is 72.8 Å². The number of rotatable bonds is 6. The molecule has 4 heterocycles. The van der Waals surface area contributed by atoms with E-state index in [-0.39, 0.29) is 55.4 Å². The summed E-state index contributed by atoms with van der Waals surface area (Å²) in [6, 6.07) is 23.5. The summed E-state index contributed by atoms with van der Waals surface area (Å²) >= 11 is 0. The Bertz CT molecular complexity index is 1640. The minimum Gasteiger partial charge on any atom is -0.332 e. The number of nitrogens with zero attached hydrogens (tertiary/aromatic N) is 4. The first-order valence-corrected chi connectivity index (χ1v) is 16.2. The molecule has 3 saturated heterocycles. The molecule has 1 N–H and O–H groups in total. The largest absolute Gasteiger partial charge is 0.332 e. The summed E-state index contributed by atoms with van der Waals surface area (Å²) in [6.45, 7) is 1.76. The van der Waals surface area contributed by atoms with Gasteiger partial charge in [-0.2, -0.15) is 0 Å². The summed E-state index contributed by atoms with van der Waals surface area (Å²) in [5.41, 5.74) is 3.10. The molecule has 3 aromatic carbocycles. The van der Waals surface area contributed by atoms with E-state index in [0.717, 1.165) is 16.0 Å². The van der Waals surface area contributed by atoms with Crippen LogP contribution < -0.4 is 5.32 Å². The number of halogens is 2. The Morgan fingerprint density at radius 3 is 2.09 bits per heavy atom. The van der Waals surface area contributed by atoms with Crippen molar-refractivity contribution in [2.75, 3.05) is 39.3 Å². The zero-order valence-electron chi connectivity index (χ0n) is 26.0. The summed E-state index contributed by atoms with van der Waals surface area (Å²) in [5.74, 6) is -5.19. The average molecular weight is 642 g/mol. The number of piperidine rings is 2. The summed E-state index contributed by atoms with van der Waals surface area (Å²) < 4.78 is 31.8. The molecule has 3 aromatic rings. The highest BCUT2D eigenvalue weighted by Crippen LogP contribution is 2.36. The number of nitrogens with one attached hydrogen (secondary N) is 1. The molecule has 9 nitrogen and oxygen atoms in total. The van der Waals surface area contributed by atoms with Crippen molar-refractivity contribution < 1.29 is 28.0 Å². The molecule has 0 aromatic heterocycles. The van der Waals surface area contributed by atoms with Crippen molar-refractivity contribution >= 4 is 23.6 Å². The number of likely N-dealkylation sites (tertiary alicyclic amines) is 1. The molecular formula is C36H37F2N5O4. The number of amides is 4. The fraction of sp³-hybridized carbons (Fsp3) is 0.389. The molecule has 0 spiro atoms. The normalized spacial score (nSPS) is 23.6. The number of fused-ring (bicyclic) bond motifs is 1. The zero-order chi connectivity index (χ0) is 32.7. The molecule has 4 aliphatic heterocycles. The molecule has 244 valence electrons. The first kappa shape index (κ1) is 31.1. The van der Waals surface area contributed by atoms with Crippen LogP contribution in [0.25, 0.3) is 0 Å². The van der Waals surface area contributed by atoms with Crippen molar-refractivity contribution in [3.05, 3.63) is 107 Å². The van der Waals surface area contributed by atoms with Crippen LogP contribution in [0.15, 0.2) is 78.9 Å². The van der Waals surface area contributed by atoms with Gasteiger partial charge in [-0.3, -0.25) is 34.3 Å². The van der Waals surface area contributed by atoms with Crippen LogP contribution in [0.1, 0.15) is 62.7 Å². The maximum absolute atomic E-state index is 15.9. The number of alkyl halides is 2. The second-order valence-electron chi connectivity index (χ2n) is 12.8. The summed E-state index contributed by atoms with van der Waals surface area (Å²) in [7, 11) is 0. The van der Waals surface area contributed by atoms with Crippen LogP contribution in [0.3, 0.4) is 0 Å². The first-order valence-electron chi connectivity index (χ1n) is 16.2. The smallest absolute Gasteiger partial charge is 0.280 e. The van der Waals surface area contributed by atoms with Crippen LogP contribution in [-0.4, -0.2) is 101 Å². The van der Waals surface area contributed by atoms with Gasteiger partial charge in [0.25, 0.3) is 17.7 Å². The SMILES string of the molecule is O=C1CCC(N2Cc3cccc(C(=O)N4CCC(N5CCN(C(c6ccccc6)c6ccccc6)CC5)C(F)(F)C4)c3C2=O)C(=O)N1. The first-order chi connectivity index (χ1) is 22.7. The number of piperazine rings is 1. The van der Waals surface area contributed by atoms with E-state index in [1.165, 1.54) is 11.0 Å². The highest BCUT2D eigenvalue weighted by atomic mass is 19.3. The Morgan fingerprint density at radius 2 is 1.47 bits per heavy atom. The van der Waals surface area contributed by atoms with E-state index >= 15 is 8.78 Å². The van der Waals surface area contributed by atoms with Crippen LogP contribution in [-0.2, 0) is 16.1 Å². The van der Waals surface area contributed by atoms with Gasteiger partial charge in [-0.15, -0.1) is 0 Å². The third-order valence-electron chi connectivity index (χ3n) is 10.0. The predicted molar refractivity (Wildman–Crippen MR) is 170 cm³/mol. The monoisotopic (exact) mass is 641 g/mol. The molecule has 3 fully saturated rings. The molecular weight excluding hydrogens is 604 g/mol. The molecule has 4 aliphatic rings. The lowest BCUT2D eigenvalue weighted by Gasteiger charge is -2.47. The van der Waals surface area contributed by atoms with E-state index in [2.05, 4.69) is 34.5 Å². The van der Waals surface area contributed by atoms with Crippen LogP contribution >= 0.6 is 0 Å². The lowest BCUT2D eigenvalue weighted by atomic mass is 9.94. The van der Waals surface area contributed by atoms with Gasteiger partial charge in [0.1, 0.15) is 6.04 Å². The van der Waals surface area contributed by atoms with Gasteiger partial charge in [0.15, 0.2) is 0 Å². The Morgan fingerprint density at radius 1 is 0.809 bits per heavy atom. The van der Waals surface area contributed by atoms with Crippen molar-refractivity contribution in [2.45, 2.75) is 49.9 Å². The molecule has 47 heavy (non-hydrogen) atoms. The molecule has 0 radical (unpaired) electrons. The highest BCUT2D eigenvalue weighted by Gasteiger charge is 2.50. The Labute approximate surface area is 272 Å². The fourth-order valence-electron chi connectivity index (χ4n) is 7.71. The summed E-state index contributed by atoms with van der Waals surface area (Å²) in [4.78, 5) is 58.1. The van der Waals surface area contributed by atoms with E-state index in [1.54, 1.807) is 12.1 Å². The second-order valence-corrected chi connectivity index (χ2v) is 12.8. The minimum atomic E-state index is -3.14. The molecule has 2 unspecified atom stereocenters. The van der Waals surface area contributed by atoms with Gasteiger partial charge in [-0.25, -0.2) is 8.78 Å². The maximum atomic E-state index is 15.9. The average Bonchev–Trinajstić information content (AvgIpc) is 3.41.